The predicted octanol–water partition coefficient (Wildman–Crippen LogP) is 4.35. The molecule has 0 atom stereocenters. The van der Waals surface area contributed by atoms with Crippen LogP contribution in [0.15, 0.2) is 61.2 Å². The molecule has 0 aliphatic carbocycles. The van der Waals surface area contributed by atoms with Crippen LogP contribution >= 0.6 is 0 Å². The van der Waals surface area contributed by atoms with E-state index >= 15 is 0 Å². The molecule has 0 saturated heterocycles. The van der Waals surface area contributed by atoms with Gasteiger partial charge in [0.15, 0.2) is 0 Å². The van der Waals surface area contributed by atoms with Crippen molar-refractivity contribution in [2.45, 2.75) is 20.0 Å². The first-order valence-electron chi connectivity index (χ1n) is 8.54. The molecule has 3 aromatic rings. The zero-order valence-corrected chi connectivity index (χ0v) is 14.9. The maximum atomic E-state index is 11.4. The number of ketones is 1. The first-order chi connectivity index (χ1) is 12.1. The Kier molecular flexibility index (Phi) is 5.15. The molecule has 3 heteroatoms. The van der Waals surface area contributed by atoms with Crippen molar-refractivity contribution < 1.29 is 4.79 Å². The van der Waals surface area contributed by atoms with Gasteiger partial charge in [-0.1, -0.05) is 55.1 Å². The standard InChI is InChI=1S/C22H24N2O/c1-4-21-20(16-23(3)14-17(2)25)19-12-8-9-13-22(19)24(21)15-18-10-6-5-7-11-18/h4-13H,1,14-16H2,2-3H3. The average molecular weight is 332 g/mol. The van der Waals surface area contributed by atoms with Gasteiger partial charge in [-0.05, 0) is 37.2 Å². The molecule has 3 nitrogen and oxygen atoms in total. The monoisotopic (exact) mass is 332 g/mol. The highest BCUT2D eigenvalue weighted by Gasteiger charge is 2.16. The third-order valence-corrected chi connectivity index (χ3v) is 4.42. The number of rotatable bonds is 7. The summed E-state index contributed by atoms with van der Waals surface area (Å²) in [5, 5.41) is 1.23. The minimum Gasteiger partial charge on any atom is -0.336 e. The molecule has 3 rings (SSSR count). The van der Waals surface area contributed by atoms with Crippen molar-refractivity contribution in [1.82, 2.24) is 9.47 Å². The highest BCUT2D eigenvalue weighted by Crippen LogP contribution is 2.29. The number of hydrogen-bond donors (Lipinski definition) is 0. The molecule has 0 radical (unpaired) electrons. The van der Waals surface area contributed by atoms with Crippen LogP contribution in [0.25, 0.3) is 17.0 Å². The zero-order chi connectivity index (χ0) is 17.8. The first-order valence-corrected chi connectivity index (χ1v) is 8.54. The van der Waals surface area contributed by atoms with Crippen molar-refractivity contribution in [3.8, 4) is 0 Å². The first kappa shape index (κ1) is 17.2. The Hall–Kier alpha value is -2.65. The summed E-state index contributed by atoms with van der Waals surface area (Å²) in [7, 11) is 1.98. The number of carbonyl (C=O) groups is 1. The van der Waals surface area contributed by atoms with Gasteiger partial charge in [-0.25, -0.2) is 0 Å². The maximum absolute atomic E-state index is 11.4. The average Bonchev–Trinajstić information content (AvgIpc) is 2.88. The number of likely N-dealkylation sites (N-methyl/N-ethyl adjacent to an activating group) is 1. The number of nitrogens with zero attached hydrogens (tertiary/aromatic N) is 2. The summed E-state index contributed by atoms with van der Waals surface area (Å²) in [6.45, 7) is 7.66. The lowest BCUT2D eigenvalue weighted by molar-refractivity contribution is -0.117. The molecular weight excluding hydrogens is 308 g/mol. The fourth-order valence-corrected chi connectivity index (χ4v) is 3.44. The van der Waals surface area contributed by atoms with Gasteiger partial charge in [0.05, 0.1) is 6.54 Å². The molecule has 0 fully saturated rings. The van der Waals surface area contributed by atoms with E-state index in [1.165, 1.54) is 22.0 Å². The van der Waals surface area contributed by atoms with Crippen LogP contribution in [-0.2, 0) is 17.9 Å². The number of carbonyl (C=O) groups excluding carboxylic acids is 1. The van der Waals surface area contributed by atoms with Crippen LogP contribution in [0, 0.1) is 0 Å². The normalized spacial score (nSPS) is 11.2. The van der Waals surface area contributed by atoms with Crippen LogP contribution in [0.3, 0.4) is 0 Å². The fourth-order valence-electron chi connectivity index (χ4n) is 3.44. The lowest BCUT2D eigenvalue weighted by Gasteiger charge is -2.16. The molecule has 128 valence electrons. The van der Waals surface area contributed by atoms with E-state index in [4.69, 9.17) is 0 Å². The van der Waals surface area contributed by atoms with Gasteiger partial charge in [0.1, 0.15) is 5.78 Å². The van der Waals surface area contributed by atoms with Gasteiger partial charge in [-0.3, -0.25) is 9.69 Å². The minimum absolute atomic E-state index is 0.177. The molecule has 0 amide bonds. The summed E-state index contributed by atoms with van der Waals surface area (Å²) in [4.78, 5) is 13.5. The summed E-state index contributed by atoms with van der Waals surface area (Å²) in [5.41, 5.74) is 4.81. The number of Topliss-reactive ketones (excluding diaryl/α,β-unsaturated/α-hetero) is 1. The van der Waals surface area contributed by atoms with E-state index < -0.39 is 0 Å². The molecule has 2 aromatic carbocycles. The van der Waals surface area contributed by atoms with E-state index in [2.05, 4.69) is 64.6 Å². The van der Waals surface area contributed by atoms with Gasteiger partial charge in [0.25, 0.3) is 0 Å². The molecule has 0 spiro atoms. The van der Waals surface area contributed by atoms with E-state index in [-0.39, 0.29) is 5.78 Å². The predicted molar refractivity (Wildman–Crippen MR) is 105 cm³/mol. The Labute approximate surface area is 149 Å². The topological polar surface area (TPSA) is 25.2 Å². The Balaban J connectivity index is 2.07. The lowest BCUT2D eigenvalue weighted by Crippen LogP contribution is -2.24. The molecule has 0 aliphatic rings. The molecular formula is C22H24N2O. The number of para-hydroxylation sites is 1. The highest BCUT2D eigenvalue weighted by molar-refractivity contribution is 5.88. The summed E-state index contributed by atoms with van der Waals surface area (Å²) < 4.78 is 2.31. The van der Waals surface area contributed by atoms with Crippen molar-refractivity contribution in [3.05, 3.63) is 78.0 Å². The Morgan fingerprint density at radius 3 is 2.48 bits per heavy atom. The zero-order valence-electron chi connectivity index (χ0n) is 14.9. The van der Waals surface area contributed by atoms with Gasteiger partial charge in [0, 0.05) is 29.7 Å². The Morgan fingerprint density at radius 1 is 1.12 bits per heavy atom. The van der Waals surface area contributed by atoms with Crippen molar-refractivity contribution in [3.63, 3.8) is 0 Å². The second-order valence-corrected chi connectivity index (χ2v) is 6.53. The van der Waals surface area contributed by atoms with Crippen LogP contribution in [0.1, 0.15) is 23.7 Å². The minimum atomic E-state index is 0.177. The molecule has 1 heterocycles. The van der Waals surface area contributed by atoms with Crippen LogP contribution in [0.5, 0.6) is 0 Å². The summed E-state index contributed by atoms with van der Waals surface area (Å²) >= 11 is 0. The van der Waals surface area contributed by atoms with E-state index in [1.807, 2.05) is 19.2 Å². The second-order valence-electron chi connectivity index (χ2n) is 6.53. The van der Waals surface area contributed by atoms with Crippen LogP contribution in [-0.4, -0.2) is 28.8 Å². The summed E-state index contributed by atoms with van der Waals surface area (Å²) in [5.74, 6) is 0.177. The Morgan fingerprint density at radius 2 is 1.80 bits per heavy atom. The number of benzene rings is 2. The van der Waals surface area contributed by atoms with Gasteiger partial charge < -0.3 is 4.57 Å². The van der Waals surface area contributed by atoms with Gasteiger partial charge >= 0.3 is 0 Å². The Bertz CT molecular complexity index is 893. The molecule has 0 saturated carbocycles. The van der Waals surface area contributed by atoms with E-state index in [1.54, 1.807) is 6.92 Å². The smallest absolute Gasteiger partial charge is 0.143 e. The van der Waals surface area contributed by atoms with E-state index in [0.717, 1.165) is 18.8 Å². The largest absolute Gasteiger partial charge is 0.336 e. The lowest BCUT2D eigenvalue weighted by atomic mass is 10.1. The molecule has 0 N–H and O–H groups in total. The van der Waals surface area contributed by atoms with E-state index in [0.29, 0.717) is 6.54 Å². The van der Waals surface area contributed by atoms with Crippen molar-refractivity contribution in [2.75, 3.05) is 13.6 Å². The van der Waals surface area contributed by atoms with Crippen molar-refractivity contribution >= 4 is 22.8 Å². The van der Waals surface area contributed by atoms with Crippen LogP contribution in [0.4, 0.5) is 0 Å². The third-order valence-electron chi connectivity index (χ3n) is 4.42. The quantitative estimate of drug-likeness (QED) is 0.642. The number of hydrogen-bond acceptors (Lipinski definition) is 2. The number of fused-ring (bicyclic) bond motifs is 1. The molecule has 0 aliphatic heterocycles. The maximum Gasteiger partial charge on any atom is 0.143 e. The SMILES string of the molecule is C=Cc1c(CN(C)CC(C)=O)c2ccccc2n1Cc1ccccc1. The molecule has 0 bridgehead atoms. The van der Waals surface area contributed by atoms with Crippen molar-refractivity contribution in [2.24, 2.45) is 0 Å². The van der Waals surface area contributed by atoms with E-state index in [9.17, 15) is 4.79 Å². The van der Waals surface area contributed by atoms with Gasteiger partial charge in [0.2, 0.25) is 0 Å². The second kappa shape index (κ2) is 7.49. The van der Waals surface area contributed by atoms with Crippen molar-refractivity contribution in [1.29, 1.82) is 0 Å². The highest BCUT2D eigenvalue weighted by atomic mass is 16.1. The number of aromatic nitrogens is 1. The molecule has 0 unspecified atom stereocenters. The van der Waals surface area contributed by atoms with Crippen LogP contribution in [0.2, 0.25) is 0 Å². The fraction of sp³-hybridized carbons (Fsp3) is 0.227. The summed E-state index contributed by atoms with van der Waals surface area (Å²) in [6, 6.07) is 18.9. The molecule has 1 aromatic heterocycles. The summed E-state index contributed by atoms with van der Waals surface area (Å²) in [6.07, 6.45) is 1.93. The third kappa shape index (κ3) is 3.72. The van der Waals surface area contributed by atoms with Gasteiger partial charge in [-0.15, -0.1) is 0 Å². The van der Waals surface area contributed by atoms with Crippen LogP contribution < -0.4 is 0 Å². The van der Waals surface area contributed by atoms with Gasteiger partial charge in [-0.2, -0.15) is 0 Å². The molecule has 25 heavy (non-hydrogen) atoms.